The van der Waals surface area contributed by atoms with E-state index in [1.165, 1.54) is 45.2 Å². The summed E-state index contributed by atoms with van der Waals surface area (Å²) in [6.45, 7) is 4.32. The van der Waals surface area contributed by atoms with Gasteiger partial charge in [-0.1, -0.05) is 0 Å². The summed E-state index contributed by atoms with van der Waals surface area (Å²) in [5, 5.41) is 0. The molecule has 0 aromatic rings. The number of hydrogen-bond acceptors (Lipinski definition) is 3. The molecule has 4 nitrogen and oxygen atoms in total. The van der Waals surface area contributed by atoms with E-state index in [0.717, 1.165) is 19.5 Å². The molecule has 0 aromatic carbocycles. The lowest BCUT2D eigenvalue weighted by molar-refractivity contribution is -0.138. The average Bonchev–Trinajstić information content (AvgIpc) is 3.11. The summed E-state index contributed by atoms with van der Waals surface area (Å²) in [7, 11) is 0. The van der Waals surface area contributed by atoms with E-state index in [9.17, 15) is 4.79 Å². The van der Waals surface area contributed by atoms with Crippen LogP contribution in [0.5, 0.6) is 0 Å². The molecular formula is C16H27N3O. The van der Waals surface area contributed by atoms with Gasteiger partial charge in [0.1, 0.15) is 0 Å². The molecule has 0 aromatic heterocycles. The van der Waals surface area contributed by atoms with Gasteiger partial charge in [0, 0.05) is 31.7 Å². The second-order valence-corrected chi connectivity index (χ2v) is 7.41. The summed E-state index contributed by atoms with van der Waals surface area (Å²) in [4.78, 5) is 17.7. The first-order valence-electron chi connectivity index (χ1n) is 8.52. The molecule has 0 spiro atoms. The lowest BCUT2D eigenvalue weighted by Crippen LogP contribution is -2.49. The smallest absolute Gasteiger partial charge is 0.227 e. The predicted molar refractivity (Wildman–Crippen MR) is 78.1 cm³/mol. The fourth-order valence-electron chi connectivity index (χ4n) is 5.32. The molecule has 20 heavy (non-hydrogen) atoms. The van der Waals surface area contributed by atoms with Crippen molar-refractivity contribution in [3.8, 4) is 0 Å². The molecule has 112 valence electrons. The zero-order chi connectivity index (χ0) is 13.7. The molecule has 4 heteroatoms. The summed E-state index contributed by atoms with van der Waals surface area (Å²) in [5.74, 6) is 1.74. The van der Waals surface area contributed by atoms with Crippen LogP contribution in [-0.4, -0.2) is 54.0 Å². The number of carbonyl (C=O) groups is 1. The molecule has 2 aliphatic heterocycles. The Morgan fingerprint density at radius 2 is 1.80 bits per heavy atom. The second kappa shape index (κ2) is 4.99. The van der Waals surface area contributed by atoms with Gasteiger partial charge in [0.05, 0.1) is 5.92 Å². The highest BCUT2D eigenvalue weighted by atomic mass is 16.2. The van der Waals surface area contributed by atoms with E-state index in [1.807, 2.05) is 0 Å². The zero-order valence-electron chi connectivity index (χ0n) is 12.3. The maximum absolute atomic E-state index is 13.0. The molecule has 5 atom stereocenters. The highest BCUT2D eigenvalue weighted by Gasteiger charge is 2.50. The standard InChI is InChI=1S/C16H27N3O/c17-15-12-5-4-11(9-12)14(15)16(20)19-8-2-7-18-6-1-3-13(18)10-19/h11-15H,1-10,17H2. The molecule has 5 unspecified atom stereocenters. The summed E-state index contributed by atoms with van der Waals surface area (Å²) < 4.78 is 0. The molecule has 2 bridgehead atoms. The van der Waals surface area contributed by atoms with Crippen LogP contribution >= 0.6 is 0 Å². The Morgan fingerprint density at radius 3 is 2.60 bits per heavy atom. The molecule has 2 saturated heterocycles. The van der Waals surface area contributed by atoms with Crippen LogP contribution in [0.2, 0.25) is 0 Å². The minimum Gasteiger partial charge on any atom is -0.341 e. The summed E-state index contributed by atoms with van der Waals surface area (Å²) in [6, 6.07) is 0.764. The highest BCUT2D eigenvalue weighted by molar-refractivity contribution is 5.80. The number of nitrogens with zero attached hydrogens (tertiary/aromatic N) is 2. The van der Waals surface area contributed by atoms with Crippen molar-refractivity contribution < 1.29 is 4.79 Å². The third-order valence-corrected chi connectivity index (χ3v) is 6.38. The molecule has 2 saturated carbocycles. The molecule has 2 aliphatic carbocycles. The first-order chi connectivity index (χ1) is 9.74. The normalized spacial score (nSPS) is 44.6. The summed E-state index contributed by atoms with van der Waals surface area (Å²) >= 11 is 0. The second-order valence-electron chi connectivity index (χ2n) is 7.41. The Labute approximate surface area is 121 Å². The van der Waals surface area contributed by atoms with E-state index in [-0.39, 0.29) is 12.0 Å². The fraction of sp³-hybridized carbons (Fsp3) is 0.938. The zero-order valence-corrected chi connectivity index (χ0v) is 12.3. The monoisotopic (exact) mass is 277 g/mol. The lowest BCUT2D eigenvalue weighted by Gasteiger charge is -2.33. The van der Waals surface area contributed by atoms with Crippen molar-refractivity contribution in [1.82, 2.24) is 9.80 Å². The van der Waals surface area contributed by atoms with E-state index in [1.54, 1.807) is 0 Å². The molecule has 2 heterocycles. The van der Waals surface area contributed by atoms with Crippen molar-refractivity contribution in [3.05, 3.63) is 0 Å². The Kier molecular flexibility index (Phi) is 3.26. The fourth-order valence-corrected chi connectivity index (χ4v) is 5.32. The van der Waals surface area contributed by atoms with Gasteiger partial charge in [0.15, 0.2) is 0 Å². The van der Waals surface area contributed by atoms with Gasteiger partial charge in [0.25, 0.3) is 0 Å². The number of nitrogens with two attached hydrogens (primary N) is 1. The van der Waals surface area contributed by atoms with E-state index in [2.05, 4.69) is 9.80 Å². The van der Waals surface area contributed by atoms with Crippen LogP contribution in [0, 0.1) is 17.8 Å². The molecule has 0 radical (unpaired) electrons. The molecule has 4 fully saturated rings. The Hall–Kier alpha value is -0.610. The lowest BCUT2D eigenvalue weighted by atomic mass is 9.84. The van der Waals surface area contributed by atoms with E-state index >= 15 is 0 Å². The SMILES string of the molecule is NC1C2CCC(C2)C1C(=O)N1CCCN2CCCC2C1. The number of fused-ring (bicyclic) bond motifs is 3. The predicted octanol–water partition coefficient (Wildman–Crippen LogP) is 1.06. The number of carbonyl (C=O) groups excluding carboxylic acids is 1. The topological polar surface area (TPSA) is 49.6 Å². The highest BCUT2D eigenvalue weighted by Crippen LogP contribution is 2.48. The van der Waals surface area contributed by atoms with Crippen molar-refractivity contribution in [2.75, 3.05) is 26.2 Å². The van der Waals surface area contributed by atoms with Crippen LogP contribution < -0.4 is 5.73 Å². The van der Waals surface area contributed by atoms with Crippen LogP contribution in [0.25, 0.3) is 0 Å². The van der Waals surface area contributed by atoms with Gasteiger partial charge in [0.2, 0.25) is 5.91 Å². The van der Waals surface area contributed by atoms with Gasteiger partial charge >= 0.3 is 0 Å². The summed E-state index contributed by atoms with van der Waals surface area (Å²) in [5.41, 5.74) is 6.36. The van der Waals surface area contributed by atoms with Gasteiger partial charge < -0.3 is 10.6 Å². The largest absolute Gasteiger partial charge is 0.341 e. The van der Waals surface area contributed by atoms with Gasteiger partial charge in [-0.25, -0.2) is 0 Å². The van der Waals surface area contributed by atoms with Crippen LogP contribution in [0.15, 0.2) is 0 Å². The first kappa shape index (κ1) is 13.1. The maximum Gasteiger partial charge on any atom is 0.227 e. The van der Waals surface area contributed by atoms with Gasteiger partial charge in [-0.15, -0.1) is 0 Å². The van der Waals surface area contributed by atoms with Crippen LogP contribution in [0.4, 0.5) is 0 Å². The Bertz CT molecular complexity index is 397. The van der Waals surface area contributed by atoms with Crippen LogP contribution in [0.3, 0.4) is 0 Å². The number of rotatable bonds is 1. The Balaban J connectivity index is 1.48. The minimum absolute atomic E-state index is 0.140. The number of hydrogen-bond donors (Lipinski definition) is 1. The van der Waals surface area contributed by atoms with Crippen molar-refractivity contribution in [3.63, 3.8) is 0 Å². The van der Waals surface area contributed by atoms with Crippen molar-refractivity contribution >= 4 is 5.91 Å². The van der Waals surface area contributed by atoms with Crippen molar-refractivity contribution in [1.29, 1.82) is 0 Å². The molecule has 2 N–H and O–H groups in total. The molecule has 4 rings (SSSR count). The van der Waals surface area contributed by atoms with Crippen molar-refractivity contribution in [2.45, 2.75) is 50.6 Å². The van der Waals surface area contributed by atoms with Crippen molar-refractivity contribution in [2.24, 2.45) is 23.5 Å². The van der Waals surface area contributed by atoms with E-state index < -0.39 is 0 Å². The van der Waals surface area contributed by atoms with Gasteiger partial charge in [-0.2, -0.15) is 0 Å². The molecular weight excluding hydrogens is 250 g/mol. The first-order valence-corrected chi connectivity index (χ1v) is 8.52. The Morgan fingerprint density at radius 1 is 1.00 bits per heavy atom. The molecule has 4 aliphatic rings. The van der Waals surface area contributed by atoms with E-state index in [4.69, 9.17) is 5.73 Å². The quantitative estimate of drug-likeness (QED) is 0.779. The van der Waals surface area contributed by atoms with Crippen LogP contribution in [0.1, 0.15) is 38.5 Å². The van der Waals surface area contributed by atoms with E-state index in [0.29, 0.717) is 23.8 Å². The third-order valence-electron chi connectivity index (χ3n) is 6.38. The third kappa shape index (κ3) is 2.00. The summed E-state index contributed by atoms with van der Waals surface area (Å²) in [6.07, 6.45) is 7.41. The van der Waals surface area contributed by atoms with Crippen LogP contribution in [-0.2, 0) is 4.79 Å². The van der Waals surface area contributed by atoms with Gasteiger partial charge in [-0.05, 0) is 56.9 Å². The number of amides is 1. The molecule has 1 amide bonds. The van der Waals surface area contributed by atoms with Gasteiger partial charge in [-0.3, -0.25) is 9.69 Å². The average molecular weight is 277 g/mol. The maximum atomic E-state index is 13.0. The minimum atomic E-state index is 0.140.